The molecule has 0 saturated heterocycles. The number of aromatic nitrogens is 2. The van der Waals surface area contributed by atoms with Crippen molar-refractivity contribution in [2.75, 3.05) is 10.0 Å². The molecule has 3 rings (SSSR count). The van der Waals surface area contributed by atoms with Crippen molar-refractivity contribution in [3.05, 3.63) is 70.7 Å². The summed E-state index contributed by atoms with van der Waals surface area (Å²) in [6, 6.07) is 16.3. The summed E-state index contributed by atoms with van der Waals surface area (Å²) in [5.41, 5.74) is 0.781. The van der Waals surface area contributed by atoms with Gasteiger partial charge in [0.15, 0.2) is 11.6 Å². The molecule has 0 amide bonds. The Morgan fingerprint density at radius 3 is 2.08 bits per heavy atom. The predicted octanol–water partition coefficient (Wildman–Crippen LogP) is 4.33. The van der Waals surface area contributed by atoms with Gasteiger partial charge < -0.3 is 5.32 Å². The molecule has 25 heavy (non-hydrogen) atoms. The summed E-state index contributed by atoms with van der Waals surface area (Å²) in [6.07, 6.45) is 0. The highest BCUT2D eigenvalue weighted by molar-refractivity contribution is 7.92. The largest absolute Gasteiger partial charge is 0.339 e. The van der Waals surface area contributed by atoms with E-state index in [9.17, 15) is 8.42 Å². The molecule has 0 unspecified atom stereocenters. The Bertz CT molecular complexity index is 978. The highest BCUT2D eigenvalue weighted by atomic mass is 35.5. The van der Waals surface area contributed by atoms with Gasteiger partial charge in [0.25, 0.3) is 10.0 Å². The fourth-order valence-corrected chi connectivity index (χ4v) is 3.63. The van der Waals surface area contributed by atoms with Gasteiger partial charge in [0, 0.05) is 10.7 Å². The van der Waals surface area contributed by atoms with Crippen molar-refractivity contribution in [2.45, 2.75) is 4.90 Å². The molecular weight excluding hydrogens is 383 g/mol. The van der Waals surface area contributed by atoms with E-state index >= 15 is 0 Å². The molecule has 0 aliphatic carbocycles. The van der Waals surface area contributed by atoms with Crippen LogP contribution in [0.5, 0.6) is 0 Å². The van der Waals surface area contributed by atoms with Crippen LogP contribution in [0.2, 0.25) is 10.0 Å². The molecule has 1 aromatic heterocycles. The van der Waals surface area contributed by atoms with Crippen molar-refractivity contribution < 1.29 is 8.42 Å². The number of hydrogen-bond acceptors (Lipinski definition) is 5. The SMILES string of the molecule is O=S(=O)(Nc1ccc(Nc2ccc(Cl)cc2)nn1)c1ccccc1Cl. The lowest BCUT2D eigenvalue weighted by Gasteiger charge is -2.09. The molecule has 0 bridgehead atoms. The third-order valence-corrected chi connectivity index (χ3v) is 5.25. The summed E-state index contributed by atoms with van der Waals surface area (Å²) in [5, 5.41) is 11.6. The van der Waals surface area contributed by atoms with Crippen molar-refractivity contribution in [1.82, 2.24) is 10.2 Å². The van der Waals surface area contributed by atoms with E-state index in [-0.39, 0.29) is 15.7 Å². The van der Waals surface area contributed by atoms with Crippen LogP contribution < -0.4 is 10.0 Å². The van der Waals surface area contributed by atoms with Crippen molar-refractivity contribution >= 4 is 50.5 Å². The topological polar surface area (TPSA) is 84.0 Å². The molecule has 3 aromatic rings. The Morgan fingerprint density at radius 1 is 0.800 bits per heavy atom. The highest BCUT2D eigenvalue weighted by Crippen LogP contribution is 2.23. The number of benzene rings is 2. The molecule has 128 valence electrons. The molecule has 6 nitrogen and oxygen atoms in total. The first kappa shape index (κ1) is 17.5. The number of nitrogens with one attached hydrogen (secondary N) is 2. The van der Waals surface area contributed by atoms with Crippen LogP contribution in [-0.2, 0) is 10.0 Å². The van der Waals surface area contributed by atoms with E-state index in [1.807, 2.05) is 0 Å². The van der Waals surface area contributed by atoms with Gasteiger partial charge in [-0.2, -0.15) is 0 Å². The molecule has 0 fully saturated rings. The second-order valence-electron chi connectivity index (χ2n) is 4.97. The molecule has 0 aliphatic rings. The molecule has 9 heteroatoms. The minimum absolute atomic E-state index is 0.0261. The monoisotopic (exact) mass is 394 g/mol. The van der Waals surface area contributed by atoms with Gasteiger partial charge >= 0.3 is 0 Å². The van der Waals surface area contributed by atoms with E-state index in [1.54, 1.807) is 42.5 Å². The second kappa shape index (κ2) is 7.26. The lowest BCUT2D eigenvalue weighted by molar-refractivity contribution is 0.601. The van der Waals surface area contributed by atoms with E-state index < -0.39 is 10.0 Å². The summed E-state index contributed by atoms with van der Waals surface area (Å²) in [4.78, 5) is -0.0261. The number of sulfonamides is 1. The standard InChI is InChI=1S/C16H12Cl2N4O2S/c17-11-5-7-12(8-6-11)19-15-9-10-16(21-20-15)22-25(23,24)14-4-2-1-3-13(14)18/h1-10H,(H,19,20)(H,21,22). The first-order valence-corrected chi connectivity index (χ1v) is 9.32. The maximum absolute atomic E-state index is 12.3. The van der Waals surface area contributed by atoms with Crippen LogP contribution in [0, 0.1) is 0 Å². The molecule has 0 radical (unpaired) electrons. The fourth-order valence-electron chi connectivity index (χ4n) is 1.99. The lowest BCUT2D eigenvalue weighted by atomic mass is 10.3. The molecule has 0 atom stereocenters. The Morgan fingerprint density at radius 2 is 1.44 bits per heavy atom. The Balaban J connectivity index is 1.74. The summed E-state index contributed by atoms with van der Waals surface area (Å²) in [5.74, 6) is 0.546. The van der Waals surface area contributed by atoms with Gasteiger partial charge in [-0.25, -0.2) is 8.42 Å². The Labute approximate surface area is 154 Å². The smallest absolute Gasteiger partial charge is 0.264 e. The molecule has 0 aliphatic heterocycles. The van der Waals surface area contributed by atoms with Gasteiger partial charge in [0.2, 0.25) is 0 Å². The minimum atomic E-state index is -3.84. The highest BCUT2D eigenvalue weighted by Gasteiger charge is 2.18. The van der Waals surface area contributed by atoms with Crippen LogP contribution in [-0.4, -0.2) is 18.6 Å². The van der Waals surface area contributed by atoms with Crippen molar-refractivity contribution in [1.29, 1.82) is 0 Å². The maximum atomic E-state index is 12.3. The Hall–Kier alpha value is -2.35. The van der Waals surface area contributed by atoms with Crippen LogP contribution in [0.3, 0.4) is 0 Å². The predicted molar refractivity (Wildman–Crippen MR) is 99.0 cm³/mol. The summed E-state index contributed by atoms with van der Waals surface area (Å²) < 4.78 is 27.0. The van der Waals surface area contributed by atoms with Gasteiger partial charge in [-0.15, -0.1) is 10.2 Å². The molecule has 0 saturated carbocycles. The molecule has 2 aromatic carbocycles. The van der Waals surface area contributed by atoms with E-state index in [0.29, 0.717) is 10.8 Å². The quantitative estimate of drug-likeness (QED) is 0.672. The van der Waals surface area contributed by atoms with Crippen molar-refractivity contribution in [2.24, 2.45) is 0 Å². The zero-order chi connectivity index (χ0) is 17.9. The van der Waals surface area contributed by atoms with Gasteiger partial charge in [0.05, 0.1) is 5.02 Å². The van der Waals surface area contributed by atoms with Crippen LogP contribution in [0.4, 0.5) is 17.3 Å². The van der Waals surface area contributed by atoms with Gasteiger partial charge in [0.1, 0.15) is 4.90 Å². The zero-order valence-corrected chi connectivity index (χ0v) is 15.0. The van der Waals surface area contributed by atoms with E-state index in [1.165, 1.54) is 18.2 Å². The first-order valence-electron chi connectivity index (χ1n) is 7.08. The molecule has 1 heterocycles. The van der Waals surface area contributed by atoms with Crippen LogP contribution in [0.25, 0.3) is 0 Å². The van der Waals surface area contributed by atoms with Crippen molar-refractivity contribution in [3.63, 3.8) is 0 Å². The second-order valence-corrected chi connectivity index (χ2v) is 7.47. The number of nitrogens with zero attached hydrogens (tertiary/aromatic N) is 2. The van der Waals surface area contributed by atoms with Gasteiger partial charge in [-0.05, 0) is 48.5 Å². The number of anilines is 3. The molecular formula is C16H12Cl2N4O2S. The van der Waals surface area contributed by atoms with Gasteiger partial charge in [-0.1, -0.05) is 35.3 Å². The average molecular weight is 395 g/mol. The normalized spacial score (nSPS) is 11.1. The third-order valence-electron chi connectivity index (χ3n) is 3.15. The lowest BCUT2D eigenvalue weighted by Crippen LogP contribution is -2.14. The number of rotatable bonds is 5. The summed E-state index contributed by atoms with van der Waals surface area (Å²) in [7, 11) is -3.84. The maximum Gasteiger partial charge on any atom is 0.264 e. The van der Waals surface area contributed by atoms with E-state index in [2.05, 4.69) is 20.2 Å². The van der Waals surface area contributed by atoms with Crippen LogP contribution in [0.1, 0.15) is 0 Å². The first-order chi connectivity index (χ1) is 11.9. The van der Waals surface area contributed by atoms with Crippen molar-refractivity contribution in [3.8, 4) is 0 Å². The van der Waals surface area contributed by atoms with E-state index in [4.69, 9.17) is 23.2 Å². The van der Waals surface area contributed by atoms with Crippen LogP contribution in [0.15, 0.2) is 65.6 Å². The molecule has 2 N–H and O–H groups in total. The summed E-state index contributed by atoms with van der Waals surface area (Å²) >= 11 is 11.8. The van der Waals surface area contributed by atoms with E-state index in [0.717, 1.165) is 5.69 Å². The number of hydrogen-bond donors (Lipinski definition) is 2. The Kier molecular flexibility index (Phi) is 5.08. The minimum Gasteiger partial charge on any atom is -0.339 e. The fraction of sp³-hybridized carbons (Fsp3) is 0. The average Bonchev–Trinajstić information content (AvgIpc) is 2.59. The third kappa shape index (κ3) is 4.39. The van der Waals surface area contributed by atoms with Gasteiger partial charge in [-0.3, -0.25) is 4.72 Å². The zero-order valence-electron chi connectivity index (χ0n) is 12.6. The molecule has 0 spiro atoms. The number of halogens is 2. The summed E-state index contributed by atoms with van der Waals surface area (Å²) in [6.45, 7) is 0. The van der Waals surface area contributed by atoms with Crippen LogP contribution >= 0.6 is 23.2 Å².